The highest BCUT2D eigenvalue weighted by Crippen LogP contribution is 2.29. The normalized spacial score (nSPS) is 10.1. The number of halogens is 2. The van der Waals surface area contributed by atoms with Gasteiger partial charge in [-0.15, -0.1) is 0 Å². The Labute approximate surface area is 112 Å². The molecule has 2 aromatic carbocycles. The molecule has 2 N–H and O–H groups in total. The van der Waals surface area contributed by atoms with Crippen molar-refractivity contribution in [2.24, 2.45) is 5.73 Å². The Hall–Kier alpha value is -1.88. The lowest BCUT2D eigenvalue weighted by Crippen LogP contribution is -2.12. The number of carbonyl (C=O) groups is 1. The first-order valence-electron chi connectivity index (χ1n) is 5.09. The molecule has 92 valence electrons. The first-order valence-corrected chi connectivity index (χ1v) is 5.89. The van der Waals surface area contributed by atoms with E-state index in [2.05, 4.69) is 15.9 Å². The highest BCUT2D eigenvalue weighted by molar-refractivity contribution is 9.10. The molecule has 3 nitrogen and oxygen atoms in total. The van der Waals surface area contributed by atoms with Gasteiger partial charge < -0.3 is 10.5 Å². The molecule has 5 heteroatoms. The van der Waals surface area contributed by atoms with Gasteiger partial charge in [-0.3, -0.25) is 4.79 Å². The summed E-state index contributed by atoms with van der Waals surface area (Å²) in [6.07, 6.45) is 0. The van der Waals surface area contributed by atoms with E-state index in [1.54, 1.807) is 24.3 Å². The fourth-order valence-corrected chi connectivity index (χ4v) is 1.77. The molecule has 0 fully saturated rings. The van der Waals surface area contributed by atoms with Crippen LogP contribution in [0.15, 0.2) is 46.9 Å². The van der Waals surface area contributed by atoms with Gasteiger partial charge in [0.05, 0.1) is 5.56 Å². The molecule has 0 radical (unpaired) electrons. The largest absolute Gasteiger partial charge is 0.453 e. The standard InChI is InChI=1S/C13H9BrFNO2/c14-8-5-6-10(15)12(7-8)18-11-4-2-1-3-9(11)13(16)17/h1-7H,(H2,16,17). The average molecular weight is 310 g/mol. The first-order chi connectivity index (χ1) is 8.58. The van der Waals surface area contributed by atoms with Crippen LogP contribution in [0.2, 0.25) is 0 Å². The van der Waals surface area contributed by atoms with Gasteiger partial charge in [-0.25, -0.2) is 4.39 Å². The average Bonchev–Trinajstić information content (AvgIpc) is 2.34. The second kappa shape index (κ2) is 5.18. The molecule has 0 spiro atoms. The smallest absolute Gasteiger partial charge is 0.252 e. The molecule has 0 bridgehead atoms. The van der Waals surface area contributed by atoms with Gasteiger partial charge in [0.25, 0.3) is 5.91 Å². The fraction of sp³-hybridized carbons (Fsp3) is 0. The summed E-state index contributed by atoms with van der Waals surface area (Å²) < 4.78 is 19.6. The zero-order chi connectivity index (χ0) is 13.1. The molecule has 0 saturated carbocycles. The minimum absolute atomic E-state index is 0.0260. The molecule has 1 amide bonds. The molecule has 0 unspecified atom stereocenters. The monoisotopic (exact) mass is 309 g/mol. The molecule has 0 aliphatic heterocycles. The third kappa shape index (κ3) is 2.68. The van der Waals surface area contributed by atoms with Crippen LogP contribution in [-0.2, 0) is 0 Å². The summed E-state index contributed by atoms with van der Waals surface area (Å²) in [6, 6.07) is 10.7. The molecule has 0 atom stereocenters. The Balaban J connectivity index is 2.40. The number of rotatable bonds is 3. The molecular weight excluding hydrogens is 301 g/mol. The zero-order valence-corrected chi connectivity index (χ0v) is 10.8. The second-order valence-corrected chi connectivity index (χ2v) is 4.45. The van der Waals surface area contributed by atoms with E-state index in [0.29, 0.717) is 4.47 Å². The molecule has 0 heterocycles. The predicted octanol–water partition coefficient (Wildman–Crippen LogP) is 3.48. The number of nitrogens with two attached hydrogens (primary N) is 1. The lowest BCUT2D eigenvalue weighted by Gasteiger charge is -2.09. The van der Waals surface area contributed by atoms with Gasteiger partial charge in [-0.2, -0.15) is 0 Å². The van der Waals surface area contributed by atoms with Crippen molar-refractivity contribution < 1.29 is 13.9 Å². The van der Waals surface area contributed by atoms with E-state index >= 15 is 0 Å². The van der Waals surface area contributed by atoms with Crippen LogP contribution in [-0.4, -0.2) is 5.91 Å². The Morgan fingerprint density at radius 1 is 1.17 bits per heavy atom. The van der Waals surface area contributed by atoms with Crippen LogP contribution >= 0.6 is 15.9 Å². The van der Waals surface area contributed by atoms with Gasteiger partial charge in [0.1, 0.15) is 5.75 Å². The molecule has 18 heavy (non-hydrogen) atoms. The van der Waals surface area contributed by atoms with Gasteiger partial charge in [-0.1, -0.05) is 28.1 Å². The third-order valence-electron chi connectivity index (χ3n) is 2.27. The maximum Gasteiger partial charge on any atom is 0.252 e. The minimum Gasteiger partial charge on any atom is -0.453 e. The van der Waals surface area contributed by atoms with Crippen LogP contribution in [0.1, 0.15) is 10.4 Å². The summed E-state index contributed by atoms with van der Waals surface area (Å²) in [6.45, 7) is 0. The van der Waals surface area contributed by atoms with Crippen molar-refractivity contribution in [1.82, 2.24) is 0 Å². The summed E-state index contributed by atoms with van der Waals surface area (Å²) >= 11 is 3.22. The maximum atomic E-state index is 13.5. The van der Waals surface area contributed by atoms with Gasteiger partial charge in [0, 0.05) is 4.47 Å². The number of amides is 1. The van der Waals surface area contributed by atoms with E-state index in [0.717, 1.165) is 0 Å². The van der Waals surface area contributed by atoms with Crippen LogP contribution < -0.4 is 10.5 Å². The number of hydrogen-bond acceptors (Lipinski definition) is 2. The Kier molecular flexibility index (Phi) is 3.62. The first kappa shape index (κ1) is 12.6. The van der Waals surface area contributed by atoms with Crippen molar-refractivity contribution in [3.05, 3.63) is 58.3 Å². The van der Waals surface area contributed by atoms with E-state index in [-0.39, 0.29) is 17.1 Å². The van der Waals surface area contributed by atoms with E-state index in [4.69, 9.17) is 10.5 Å². The quantitative estimate of drug-likeness (QED) is 0.943. The summed E-state index contributed by atoms with van der Waals surface area (Å²) in [5.74, 6) is -0.890. The van der Waals surface area contributed by atoms with Gasteiger partial charge in [0.2, 0.25) is 0 Å². The van der Waals surface area contributed by atoms with Gasteiger partial charge in [0.15, 0.2) is 11.6 Å². The van der Waals surface area contributed by atoms with Crippen molar-refractivity contribution >= 4 is 21.8 Å². The molecular formula is C13H9BrFNO2. The van der Waals surface area contributed by atoms with Gasteiger partial charge in [-0.05, 0) is 30.3 Å². The molecule has 0 aromatic heterocycles. The lowest BCUT2D eigenvalue weighted by atomic mass is 10.2. The van der Waals surface area contributed by atoms with Gasteiger partial charge >= 0.3 is 0 Å². The number of ether oxygens (including phenoxy) is 1. The van der Waals surface area contributed by atoms with E-state index in [1.807, 2.05) is 0 Å². The Morgan fingerprint density at radius 2 is 1.89 bits per heavy atom. The maximum absolute atomic E-state index is 13.5. The molecule has 0 aliphatic rings. The van der Waals surface area contributed by atoms with Crippen molar-refractivity contribution in [2.45, 2.75) is 0 Å². The van der Waals surface area contributed by atoms with Crippen molar-refractivity contribution in [3.63, 3.8) is 0 Å². The van der Waals surface area contributed by atoms with Crippen LogP contribution in [0, 0.1) is 5.82 Å². The van der Waals surface area contributed by atoms with E-state index < -0.39 is 11.7 Å². The van der Waals surface area contributed by atoms with E-state index in [9.17, 15) is 9.18 Å². The fourth-order valence-electron chi connectivity index (χ4n) is 1.43. The topological polar surface area (TPSA) is 52.3 Å². The Bertz CT molecular complexity index is 601. The Morgan fingerprint density at radius 3 is 2.61 bits per heavy atom. The molecule has 2 rings (SSSR count). The van der Waals surface area contributed by atoms with Crippen LogP contribution in [0.4, 0.5) is 4.39 Å². The third-order valence-corrected chi connectivity index (χ3v) is 2.76. The van der Waals surface area contributed by atoms with Crippen LogP contribution in [0.5, 0.6) is 11.5 Å². The molecule has 0 aliphatic carbocycles. The van der Waals surface area contributed by atoms with Crippen LogP contribution in [0.3, 0.4) is 0 Å². The lowest BCUT2D eigenvalue weighted by molar-refractivity contribution is 0.0998. The van der Waals surface area contributed by atoms with Crippen molar-refractivity contribution in [2.75, 3.05) is 0 Å². The highest BCUT2D eigenvalue weighted by atomic mass is 79.9. The number of carbonyl (C=O) groups excluding carboxylic acids is 1. The minimum atomic E-state index is -0.624. The predicted molar refractivity (Wildman–Crippen MR) is 69.1 cm³/mol. The van der Waals surface area contributed by atoms with E-state index in [1.165, 1.54) is 18.2 Å². The van der Waals surface area contributed by atoms with Crippen molar-refractivity contribution in [3.8, 4) is 11.5 Å². The van der Waals surface area contributed by atoms with Crippen LogP contribution in [0.25, 0.3) is 0 Å². The highest BCUT2D eigenvalue weighted by Gasteiger charge is 2.11. The molecule has 2 aromatic rings. The number of para-hydroxylation sites is 1. The summed E-state index contributed by atoms with van der Waals surface area (Å²) in [7, 11) is 0. The molecule has 0 saturated heterocycles. The second-order valence-electron chi connectivity index (χ2n) is 3.54. The number of benzene rings is 2. The number of primary amides is 1. The van der Waals surface area contributed by atoms with Crippen molar-refractivity contribution in [1.29, 1.82) is 0 Å². The summed E-state index contributed by atoms with van der Waals surface area (Å²) in [5, 5.41) is 0. The number of hydrogen-bond donors (Lipinski definition) is 1. The summed E-state index contributed by atoms with van der Waals surface area (Å²) in [5.41, 5.74) is 5.42. The summed E-state index contributed by atoms with van der Waals surface area (Å²) in [4.78, 5) is 11.2. The SMILES string of the molecule is NC(=O)c1ccccc1Oc1cc(Br)ccc1F. The zero-order valence-electron chi connectivity index (χ0n) is 9.19.